The monoisotopic (exact) mass is 261 g/mol. The average molecular weight is 261 g/mol. The van der Waals surface area contributed by atoms with E-state index in [1.807, 2.05) is 31.2 Å². The Morgan fingerprint density at radius 1 is 1.22 bits per heavy atom. The van der Waals surface area contributed by atoms with Crippen molar-refractivity contribution >= 4 is 10.8 Å². The van der Waals surface area contributed by atoms with E-state index in [9.17, 15) is 9.32 Å². The lowest BCUT2D eigenvalue weighted by atomic mass is 10.2. The zero-order chi connectivity index (χ0) is 13.1. The van der Waals surface area contributed by atoms with Crippen LogP contribution >= 0.6 is 0 Å². The third kappa shape index (κ3) is 2.66. The number of pyridine rings is 1. The molecule has 94 valence electrons. The zero-order valence-electron chi connectivity index (χ0n) is 10.3. The van der Waals surface area contributed by atoms with Crippen molar-refractivity contribution in [3.05, 3.63) is 53.9 Å². The molecular weight excluding hydrogens is 246 g/mol. The van der Waals surface area contributed by atoms with Gasteiger partial charge in [-0.3, -0.25) is 4.98 Å². The molecule has 1 N–H and O–H groups in total. The molecule has 2 atom stereocenters. The molecule has 2 rings (SSSR count). The number of hydrogen-bond acceptors (Lipinski definition) is 3. The lowest BCUT2D eigenvalue weighted by Gasteiger charge is -2.10. The minimum atomic E-state index is -1.31. The molecule has 2 aromatic rings. The molecule has 1 heterocycles. The maximum atomic E-state index is 12.4. The SMILES string of the molecule is Cc1ccc([S@@](=O)c2cnccc2[C@H](C)O)cc1. The van der Waals surface area contributed by atoms with E-state index in [1.165, 1.54) is 0 Å². The number of rotatable bonds is 3. The Bertz CT molecular complexity index is 564. The lowest BCUT2D eigenvalue weighted by molar-refractivity contribution is 0.196. The van der Waals surface area contributed by atoms with E-state index in [1.54, 1.807) is 25.4 Å². The molecule has 0 saturated heterocycles. The molecule has 1 aromatic carbocycles. The predicted octanol–water partition coefficient (Wildman–Crippen LogP) is 2.61. The molecule has 0 bridgehead atoms. The molecule has 18 heavy (non-hydrogen) atoms. The molecule has 0 aliphatic carbocycles. The minimum absolute atomic E-state index is 0.566. The van der Waals surface area contributed by atoms with Crippen LogP contribution in [0.1, 0.15) is 24.2 Å². The Kier molecular flexibility index (Phi) is 3.89. The highest BCUT2D eigenvalue weighted by molar-refractivity contribution is 7.85. The molecule has 0 radical (unpaired) electrons. The summed E-state index contributed by atoms with van der Waals surface area (Å²) in [5.74, 6) is 0. The van der Waals surface area contributed by atoms with E-state index in [0.29, 0.717) is 10.5 Å². The van der Waals surface area contributed by atoms with Crippen molar-refractivity contribution in [1.82, 2.24) is 4.98 Å². The lowest BCUT2D eigenvalue weighted by Crippen LogP contribution is -2.02. The summed E-state index contributed by atoms with van der Waals surface area (Å²) >= 11 is 0. The topological polar surface area (TPSA) is 50.2 Å². The fraction of sp³-hybridized carbons (Fsp3) is 0.214. The molecule has 0 spiro atoms. The van der Waals surface area contributed by atoms with Crippen molar-refractivity contribution in [1.29, 1.82) is 0 Å². The molecule has 0 saturated carbocycles. The van der Waals surface area contributed by atoms with Gasteiger partial charge in [0.25, 0.3) is 0 Å². The van der Waals surface area contributed by atoms with Gasteiger partial charge in [-0.05, 0) is 37.6 Å². The van der Waals surface area contributed by atoms with Crippen LogP contribution in [0.2, 0.25) is 0 Å². The standard InChI is InChI=1S/C14H15NO2S/c1-10-3-5-12(6-4-10)18(17)14-9-15-8-7-13(14)11(2)16/h3-9,11,16H,1-2H3/t11-,18+/m0/s1. The highest BCUT2D eigenvalue weighted by Gasteiger charge is 2.15. The fourth-order valence-corrected chi connectivity index (χ4v) is 2.93. The summed E-state index contributed by atoms with van der Waals surface area (Å²) in [6, 6.07) is 9.22. The second-order valence-corrected chi connectivity index (χ2v) is 5.62. The summed E-state index contributed by atoms with van der Waals surface area (Å²) < 4.78 is 12.4. The van der Waals surface area contributed by atoms with Gasteiger partial charge in [-0.25, -0.2) is 4.21 Å². The third-order valence-corrected chi connectivity index (χ3v) is 4.14. The van der Waals surface area contributed by atoms with E-state index >= 15 is 0 Å². The van der Waals surface area contributed by atoms with Crippen LogP contribution in [0.4, 0.5) is 0 Å². The number of hydrogen-bond donors (Lipinski definition) is 1. The number of aliphatic hydroxyl groups is 1. The molecular formula is C14H15NO2S. The molecule has 4 heteroatoms. The smallest absolute Gasteiger partial charge is 0.0869 e. The largest absolute Gasteiger partial charge is 0.389 e. The number of nitrogens with zero attached hydrogens (tertiary/aromatic N) is 1. The van der Waals surface area contributed by atoms with Crippen LogP contribution in [0.5, 0.6) is 0 Å². The van der Waals surface area contributed by atoms with E-state index in [0.717, 1.165) is 10.5 Å². The van der Waals surface area contributed by atoms with Gasteiger partial charge in [-0.2, -0.15) is 0 Å². The summed E-state index contributed by atoms with van der Waals surface area (Å²) in [5, 5.41) is 9.68. The van der Waals surface area contributed by atoms with Crippen LogP contribution in [0.15, 0.2) is 52.5 Å². The highest BCUT2D eigenvalue weighted by atomic mass is 32.2. The first kappa shape index (κ1) is 12.9. The van der Waals surface area contributed by atoms with Crippen LogP contribution in [0, 0.1) is 6.92 Å². The Balaban J connectivity index is 2.43. The van der Waals surface area contributed by atoms with Crippen molar-refractivity contribution in [2.75, 3.05) is 0 Å². The molecule has 1 aromatic heterocycles. The van der Waals surface area contributed by atoms with Crippen molar-refractivity contribution in [2.45, 2.75) is 29.7 Å². The van der Waals surface area contributed by atoms with Crippen LogP contribution in [0.25, 0.3) is 0 Å². The summed E-state index contributed by atoms with van der Waals surface area (Å²) in [7, 11) is -1.31. The second-order valence-electron chi connectivity index (χ2n) is 4.17. The first-order valence-corrected chi connectivity index (χ1v) is 6.85. The van der Waals surface area contributed by atoms with Gasteiger partial charge in [0.05, 0.1) is 21.8 Å². The number of aromatic nitrogens is 1. The molecule has 3 nitrogen and oxygen atoms in total. The fourth-order valence-electron chi connectivity index (χ4n) is 1.68. The number of benzene rings is 1. The second kappa shape index (κ2) is 5.42. The van der Waals surface area contributed by atoms with Gasteiger partial charge >= 0.3 is 0 Å². The summed E-state index contributed by atoms with van der Waals surface area (Å²) in [5.41, 5.74) is 1.78. The normalized spacial score (nSPS) is 14.2. The summed E-state index contributed by atoms with van der Waals surface area (Å²) in [4.78, 5) is 5.27. The highest BCUT2D eigenvalue weighted by Crippen LogP contribution is 2.24. The Labute approximate surface area is 109 Å². The summed E-state index contributed by atoms with van der Waals surface area (Å²) in [6.45, 7) is 3.64. The first-order chi connectivity index (χ1) is 8.59. The van der Waals surface area contributed by atoms with E-state index in [4.69, 9.17) is 0 Å². The first-order valence-electron chi connectivity index (χ1n) is 5.70. The van der Waals surface area contributed by atoms with Crippen LogP contribution in [0.3, 0.4) is 0 Å². The van der Waals surface area contributed by atoms with Gasteiger partial charge in [0.15, 0.2) is 0 Å². The quantitative estimate of drug-likeness (QED) is 0.924. The van der Waals surface area contributed by atoms with Crippen molar-refractivity contribution in [3.8, 4) is 0 Å². The van der Waals surface area contributed by atoms with Gasteiger partial charge in [-0.1, -0.05) is 17.7 Å². The Morgan fingerprint density at radius 3 is 2.50 bits per heavy atom. The van der Waals surface area contributed by atoms with Gasteiger partial charge in [0.1, 0.15) is 0 Å². The molecule has 0 amide bonds. The number of aryl methyl sites for hydroxylation is 1. The van der Waals surface area contributed by atoms with Gasteiger partial charge in [0.2, 0.25) is 0 Å². The van der Waals surface area contributed by atoms with Crippen LogP contribution in [-0.4, -0.2) is 14.3 Å². The Morgan fingerprint density at radius 2 is 1.89 bits per heavy atom. The van der Waals surface area contributed by atoms with Crippen molar-refractivity contribution in [2.24, 2.45) is 0 Å². The van der Waals surface area contributed by atoms with Crippen molar-refractivity contribution in [3.63, 3.8) is 0 Å². The van der Waals surface area contributed by atoms with E-state index in [2.05, 4.69) is 4.98 Å². The maximum absolute atomic E-state index is 12.4. The maximum Gasteiger partial charge on any atom is 0.0869 e. The average Bonchev–Trinajstić information content (AvgIpc) is 2.39. The Hall–Kier alpha value is -1.52. The molecule has 0 unspecified atom stereocenters. The summed E-state index contributed by atoms with van der Waals surface area (Å²) in [6.07, 6.45) is 2.49. The van der Waals surface area contributed by atoms with Crippen LogP contribution < -0.4 is 0 Å². The zero-order valence-corrected chi connectivity index (χ0v) is 11.1. The molecule has 0 fully saturated rings. The number of aliphatic hydroxyl groups excluding tert-OH is 1. The predicted molar refractivity (Wildman–Crippen MR) is 70.7 cm³/mol. The van der Waals surface area contributed by atoms with Gasteiger partial charge < -0.3 is 5.11 Å². The van der Waals surface area contributed by atoms with Gasteiger partial charge in [-0.15, -0.1) is 0 Å². The third-order valence-electron chi connectivity index (χ3n) is 2.70. The van der Waals surface area contributed by atoms with E-state index in [-0.39, 0.29) is 0 Å². The van der Waals surface area contributed by atoms with E-state index < -0.39 is 16.9 Å². The minimum Gasteiger partial charge on any atom is -0.389 e. The molecule has 0 aliphatic rings. The van der Waals surface area contributed by atoms with Gasteiger partial charge in [0, 0.05) is 17.3 Å². The molecule has 0 aliphatic heterocycles. The van der Waals surface area contributed by atoms with Crippen molar-refractivity contribution < 1.29 is 9.32 Å². The van der Waals surface area contributed by atoms with Crippen LogP contribution in [-0.2, 0) is 10.8 Å².